The Bertz CT molecular complexity index is 747. The van der Waals surface area contributed by atoms with Crippen molar-refractivity contribution in [3.05, 3.63) is 29.6 Å². The number of esters is 1. The number of benzene rings is 1. The summed E-state index contributed by atoms with van der Waals surface area (Å²) >= 11 is 0. The monoisotopic (exact) mass is 315 g/mol. The van der Waals surface area contributed by atoms with Gasteiger partial charge in [-0.1, -0.05) is 6.07 Å². The average molecular weight is 315 g/mol. The molecule has 6 nitrogen and oxygen atoms in total. The Morgan fingerprint density at radius 3 is 2.83 bits per heavy atom. The second-order valence-electron chi connectivity index (χ2n) is 5.98. The third-order valence-electron chi connectivity index (χ3n) is 4.20. The number of imidazole rings is 1. The zero-order valence-electron chi connectivity index (χ0n) is 13.5. The van der Waals surface area contributed by atoms with Crippen LogP contribution in [0.5, 0.6) is 0 Å². The number of ether oxygens (including phenoxy) is 1. The Morgan fingerprint density at radius 1 is 1.35 bits per heavy atom. The van der Waals surface area contributed by atoms with Crippen LogP contribution < -0.4 is 5.32 Å². The van der Waals surface area contributed by atoms with E-state index >= 15 is 0 Å². The van der Waals surface area contributed by atoms with Crippen molar-refractivity contribution >= 4 is 22.9 Å². The van der Waals surface area contributed by atoms with Crippen LogP contribution >= 0.6 is 0 Å². The number of methoxy groups -OCH3 is 1. The molecule has 1 aliphatic carbocycles. The minimum atomic E-state index is -0.373. The first-order valence-corrected chi connectivity index (χ1v) is 7.87. The van der Waals surface area contributed by atoms with Gasteiger partial charge in [0.15, 0.2) is 0 Å². The number of fused-ring (bicyclic) bond motifs is 1. The maximum atomic E-state index is 11.7. The van der Waals surface area contributed by atoms with Crippen molar-refractivity contribution in [1.29, 1.82) is 0 Å². The molecule has 0 radical (unpaired) electrons. The summed E-state index contributed by atoms with van der Waals surface area (Å²) in [7, 11) is 3.37. The minimum Gasteiger partial charge on any atom is -0.469 e. The third-order valence-corrected chi connectivity index (χ3v) is 4.20. The van der Waals surface area contributed by atoms with Gasteiger partial charge in [-0.05, 0) is 30.5 Å². The number of hydrogen-bond acceptors (Lipinski definition) is 4. The second kappa shape index (κ2) is 6.40. The number of carbonyl (C=O) groups excluding carboxylic acids is 2. The largest absolute Gasteiger partial charge is 0.469 e. The first-order valence-electron chi connectivity index (χ1n) is 7.87. The van der Waals surface area contributed by atoms with Crippen molar-refractivity contribution < 1.29 is 14.3 Å². The number of aromatic nitrogens is 2. The van der Waals surface area contributed by atoms with E-state index < -0.39 is 0 Å². The smallest absolute Gasteiger partial charge is 0.306 e. The number of nitrogens with zero attached hydrogens (tertiary/aromatic N) is 2. The molecule has 2 aromatic rings. The van der Waals surface area contributed by atoms with Crippen LogP contribution in [0.2, 0.25) is 0 Å². The first kappa shape index (κ1) is 15.5. The summed E-state index contributed by atoms with van der Waals surface area (Å²) in [6.07, 6.45) is 2.69. The molecular weight excluding hydrogens is 294 g/mol. The SMILES string of the molecule is COC(=O)CCC(=O)NCc1ccc2c(c1)nc(C1CC1)n2C. The van der Waals surface area contributed by atoms with Gasteiger partial charge in [-0.2, -0.15) is 0 Å². The molecular formula is C17H21N3O3. The predicted molar refractivity (Wildman–Crippen MR) is 85.8 cm³/mol. The fourth-order valence-electron chi connectivity index (χ4n) is 2.69. The van der Waals surface area contributed by atoms with E-state index in [0.29, 0.717) is 12.5 Å². The molecule has 1 amide bonds. The van der Waals surface area contributed by atoms with E-state index in [2.05, 4.69) is 21.7 Å². The molecule has 0 spiro atoms. The maximum Gasteiger partial charge on any atom is 0.306 e. The second-order valence-corrected chi connectivity index (χ2v) is 5.98. The zero-order valence-corrected chi connectivity index (χ0v) is 13.5. The van der Waals surface area contributed by atoms with Gasteiger partial charge >= 0.3 is 5.97 Å². The summed E-state index contributed by atoms with van der Waals surface area (Å²) in [6, 6.07) is 6.06. The van der Waals surface area contributed by atoms with Crippen LogP contribution in [-0.2, 0) is 27.9 Å². The van der Waals surface area contributed by atoms with Gasteiger partial charge in [-0.3, -0.25) is 9.59 Å². The van der Waals surface area contributed by atoms with Crippen molar-refractivity contribution in [3.8, 4) is 0 Å². The molecule has 0 unspecified atom stereocenters. The highest BCUT2D eigenvalue weighted by Gasteiger charge is 2.28. The van der Waals surface area contributed by atoms with Crippen LogP contribution in [0.1, 0.15) is 43.0 Å². The lowest BCUT2D eigenvalue weighted by Crippen LogP contribution is -2.23. The van der Waals surface area contributed by atoms with Crippen LogP contribution in [0, 0.1) is 0 Å². The molecule has 3 rings (SSSR count). The number of rotatable bonds is 6. The van der Waals surface area contributed by atoms with Crippen molar-refractivity contribution in [3.63, 3.8) is 0 Å². The van der Waals surface area contributed by atoms with Gasteiger partial charge in [0.05, 0.1) is 24.6 Å². The Labute approximate surface area is 134 Å². The van der Waals surface area contributed by atoms with Crippen molar-refractivity contribution in [2.45, 2.75) is 38.1 Å². The zero-order chi connectivity index (χ0) is 16.4. The summed E-state index contributed by atoms with van der Waals surface area (Å²) in [5, 5.41) is 2.82. The molecule has 1 saturated carbocycles. The molecule has 1 aliphatic rings. The number of carbonyl (C=O) groups is 2. The van der Waals surface area contributed by atoms with E-state index in [1.807, 2.05) is 18.2 Å². The maximum absolute atomic E-state index is 11.7. The van der Waals surface area contributed by atoms with Gasteiger partial charge in [0, 0.05) is 25.9 Å². The molecule has 1 N–H and O–H groups in total. The number of aryl methyl sites for hydroxylation is 1. The molecule has 0 bridgehead atoms. The normalized spacial score (nSPS) is 14.0. The quantitative estimate of drug-likeness (QED) is 0.828. The van der Waals surface area contributed by atoms with Gasteiger partial charge in [0.25, 0.3) is 0 Å². The first-order chi connectivity index (χ1) is 11.1. The van der Waals surface area contributed by atoms with E-state index in [9.17, 15) is 9.59 Å². The van der Waals surface area contributed by atoms with Gasteiger partial charge < -0.3 is 14.6 Å². The fourth-order valence-corrected chi connectivity index (χ4v) is 2.69. The Balaban J connectivity index is 1.62. The molecule has 1 fully saturated rings. The van der Waals surface area contributed by atoms with Crippen LogP contribution in [-0.4, -0.2) is 28.5 Å². The van der Waals surface area contributed by atoms with Crippen molar-refractivity contribution in [1.82, 2.24) is 14.9 Å². The van der Waals surface area contributed by atoms with Crippen molar-refractivity contribution in [2.75, 3.05) is 7.11 Å². The van der Waals surface area contributed by atoms with E-state index in [4.69, 9.17) is 4.98 Å². The summed E-state index contributed by atoms with van der Waals surface area (Å²) < 4.78 is 6.68. The standard InChI is InChI=1S/C17H21N3O3/c1-20-14-6-3-11(9-13(14)19-17(20)12-4-5-12)10-18-15(21)7-8-16(22)23-2/h3,6,9,12H,4-5,7-8,10H2,1-2H3,(H,18,21). The van der Waals surface area contributed by atoms with E-state index in [1.54, 1.807) is 0 Å². The summed E-state index contributed by atoms with van der Waals surface area (Å²) in [5.41, 5.74) is 3.09. The van der Waals surface area contributed by atoms with Crippen LogP contribution in [0.3, 0.4) is 0 Å². The highest BCUT2D eigenvalue weighted by molar-refractivity contribution is 5.81. The molecule has 6 heteroatoms. The minimum absolute atomic E-state index is 0.104. The molecule has 0 aliphatic heterocycles. The molecule has 0 saturated heterocycles. The molecule has 23 heavy (non-hydrogen) atoms. The van der Waals surface area contributed by atoms with Crippen LogP contribution in [0.25, 0.3) is 11.0 Å². The topological polar surface area (TPSA) is 73.2 Å². The molecule has 1 heterocycles. The number of hydrogen-bond donors (Lipinski definition) is 1. The Hall–Kier alpha value is -2.37. The van der Waals surface area contributed by atoms with Crippen LogP contribution in [0.15, 0.2) is 18.2 Å². The Kier molecular flexibility index (Phi) is 4.32. The fraction of sp³-hybridized carbons (Fsp3) is 0.471. The van der Waals surface area contributed by atoms with E-state index in [0.717, 1.165) is 22.4 Å². The number of nitrogens with one attached hydrogen (secondary N) is 1. The molecule has 122 valence electrons. The highest BCUT2D eigenvalue weighted by Crippen LogP contribution is 2.40. The van der Waals surface area contributed by atoms with Gasteiger partial charge in [-0.15, -0.1) is 0 Å². The highest BCUT2D eigenvalue weighted by atomic mass is 16.5. The molecule has 0 atom stereocenters. The van der Waals surface area contributed by atoms with Crippen molar-refractivity contribution in [2.24, 2.45) is 7.05 Å². The summed E-state index contributed by atoms with van der Waals surface area (Å²) in [5.74, 6) is 1.23. The average Bonchev–Trinajstić information content (AvgIpc) is 3.35. The number of amides is 1. The third kappa shape index (κ3) is 3.52. The molecule has 1 aromatic carbocycles. The lowest BCUT2D eigenvalue weighted by atomic mass is 10.2. The van der Waals surface area contributed by atoms with E-state index in [-0.39, 0.29) is 24.7 Å². The van der Waals surface area contributed by atoms with Gasteiger partial charge in [0.2, 0.25) is 5.91 Å². The predicted octanol–water partition coefficient (Wildman–Crippen LogP) is 2.02. The van der Waals surface area contributed by atoms with Crippen LogP contribution in [0.4, 0.5) is 0 Å². The van der Waals surface area contributed by atoms with Gasteiger partial charge in [-0.25, -0.2) is 4.98 Å². The lowest BCUT2D eigenvalue weighted by Gasteiger charge is -2.05. The van der Waals surface area contributed by atoms with E-state index in [1.165, 1.54) is 20.0 Å². The van der Waals surface area contributed by atoms with Gasteiger partial charge in [0.1, 0.15) is 5.82 Å². The Morgan fingerprint density at radius 2 is 2.13 bits per heavy atom. The molecule has 1 aromatic heterocycles. The summed E-state index contributed by atoms with van der Waals surface area (Å²) in [6.45, 7) is 0.436. The summed E-state index contributed by atoms with van der Waals surface area (Å²) in [4.78, 5) is 27.5. The lowest BCUT2D eigenvalue weighted by molar-refractivity contribution is -0.142.